The molecule has 0 aliphatic carbocycles. The van der Waals surface area contributed by atoms with Crippen LogP contribution < -0.4 is 15.0 Å². The number of hydrogen-bond acceptors (Lipinski definition) is 8. The molecule has 2 aromatic heterocycles. The minimum atomic E-state index is -0.100. The minimum Gasteiger partial charge on any atom is -0.454 e. The Bertz CT molecular complexity index is 1340. The maximum atomic E-state index is 13.2. The molecule has 0 unspecified atom stereocenters. The fourth-order valence-electron chi connectivity index (χ4n) is 3.37. The lowest BCUT2D eigenvalue weighted by Crippen LogP contribution is -2.23. The number of halogens is 1. The molecule has 0 saturated heterocycles. The summed E-state index contributed by atoms with van der Waals surface area (Å²) in [7, 11) is 0. The first-order chi connectivity index (χ1) is 15.6. The largest absolute Gasteiger partial charge is 0.454 e. The van der Waals surface area contributed by atoms with Crippen molar-refractivity contribution in [1.82, 2.24) is 19.7 Å². The van der Waals surface area contributed by atoms with E-state index in [1.807, 2.05) is 12.1 Å². The zero-order chi connectivity index (χ0) is 22.1. The Hall–Kier alpha value is -3.04. The molecule has 0 fully saturated rings. The number of fused-ring (bicyclic) bond motifs is 2. The fraction of sp³-hybridized carbons (Fsp3) is 0.273. The van der Waals surface area contributed by atoms with Crippen LogP contribution in [0.4, 0.5) is 0 Å². The van der Waals surface area contributed by atoms with Crippen LogP contribution in [0.1, 0.15) is 25.7 Å². The van der Waals surface area contributed by atoms with Gasteiger partial charge in [0.15, 0.2) is 16.7 Å². The molecule has 4 aromatic rings. The second-order valence-corrected chi connectivity index (χ2v) is 8.61. The molecule has 10 heteroatoms. The van der Waals surface area contributed by atoms with Gasteiger partial charge in [-0.15, -0.1) is 0 Å². The highest BCUT2D eigenvalue weighted by atomic mass is 35.5. The van der Waals surface area contributed by atoms with Gasteiger partial charge in [0.05, 0.1) is 16.7 Å². The molecule has 1 aliphatic rings. The Balaban J connectivity index is 1.44. The van der Waals surface area contributed by atoms with Crippen molar-refractivity contribution in [3.05, 3.63) is 57.7 Å². The van der Waals surface area contributed by atoms with Crippen LogP contribution in [0.2, 0.25) is 5.02 Å². The number of rotatable bonds is 7. The van der Waals surface area contributed by atoms with Crippen LogP contribution in [0.25, 0.3) is 22.3 Å². The minimum absolute atomic E-state index is 0.100. The van der Waals surface area contributed by atoms with Gasteiger partial charge in [0, 0.05) is 23.2 Å². The first-order valence-electron chi connectivity index (χ1n) is 10.2. The smallest absolute Gasteiger partial charge is 0.262 e. The Morgan fingerprint density at radius 2 is 1.91 bits per heavy atom. The summed E-state index contributed by atoms with van der Waals surface area (Å²) >= 11 is 7.33. The summed E-state index contributed by atoms with van der Waals surface area (Å²) in [6.07, 6.45) is 1.83. The average Bonchev–Trinajstić information content (AvgIpc) is 3.46. The van der Waals surface area contributed by atoms with Crippen LogP contribution in [-0.4, -0.2) is 26.5 Å². The zero-order valence-electron chi connectivity index (χ0n) is 17.2. The van der Waals surface area contributed by atoms with Crippen LogP contribution in [0.5, 0.6) is 11.5 Å². The maximum Gasteiger partial charge on any atom is 0.262 e. The van der Waals surface area contributed by atoms with E-state index in [2.05, 4.69) is 17.1 Å². The van der Waals surface area contributed by atoms with Gasteiger partial charge < -0.3 is 14.0 Å². The van der Waals surface area contributed by atoms with E-state index in [1.54, 1.807) is 28.8 Å². The van der Waals surface area contributed by atoms with Crippen LogP contribution in [0.15, 0.2) is 50.9 Å². The molecule has 32 heavy (non-hydrogen) atoms. The van der Waals surface area contributed by atoms with E-state index >= 15 is 0 Å². The monoisotopic (exact) mass is 470 g/mol. The molecule has 3 heterocycles. The summed E-state index contributed by atoms with van der Waals surface area (Å²) in [4.78, 5) is 22.4. The van der Waals surface area contributed by atoms with Crippen molar-refractivity contribution in [3.63, 3.8) is 0 Å². The standard InChI is InChI=1S/C22H19ClN4O4S/c1-2-3-8-27-21(28)15-9-17-18(30-12-29-17)10-16(15)24-22(27)32-11-19-25-20(26-31-19)13-4-6-14(23)7-5-13/h4-7,9-10H,2-3,8,11-12H2,1H3. The number of ether oxygens (including phenoxy) is 2. The van der Waals surface area contributed by atoms with Gasteiger partial charge >= 0.3 is 0 Å². The third-order valence-electron chi connectivity index (χ3n) is 5.04. The highest BCUT2D eigenvalue weighted by Gasteiger charge is 2.19. The lowest BCUT2D eigenvalue weighted by Gasteiger charge is -2.12. The molecule has 0 radical (unpaired) electrons. The maximum absolute atomic E-state index is 13.2. The molecule has 1 aliphatic heterocycles. The first-order valence-corrected chi connectivity index (χ1v) is 11.5. The van der Waals surface area contributed by atoms with E-state index in [-0.39, 0.29) is 12.4 Å². The van der Waals surface area contributed by atoms with Crippen molar-refractivity contribution < 1.29 is 14.0 Å². The summed E-state index contributed by atoms with van der Waals surface area (Å²) in [5, 5.41) is 5.80. The van der Waals surface area contributed by atoms with Gasteiger partial charge in [-0.2, -0.15) is 4.98 Å². The lowest BCUT2D eigenvalue weighted by atomic mass is 10.2. The average molecular weight is 471 g/mol. The number of nitrogens with zero attached hydrogens (tertiary/aromatic N) is 4. The van der Waals surface area contributed by atoms with E-state index in [9.17, 15) is 4.79 Å². The van der Waals surface area contributed by atoms with Crippen LogP contribution in [0.3, 0.4) is 0 Å². The summed E-state index contributed by atoms with van der Waals surface area (Å²) in [5.74, 6) is 2.48. The molecule has 0 bridgehead atoms. The molecule has 5 rings (SSSR count). The molecule has 0 saturated carbocycles. The molecule has 0 amide bonds. The van der Waals surface area contributed by atoms with Gasteiger partial charge in [-0.25, -0.2) is 4.98 Å². The van der Waals surface area contributed by atoms with Crippen molar-refractivity contribution in [2.45, 2.75) is 37.2 Å². The Labute approximate surface area is 192 Å². The number of benzene rings is 2. The number of aromatic nitrogens is 4. The zero-order valence-corrected chi connectivity index (χ0v) is 18.8. The molecular formula is C22H19ClN4O4S. The van der Waals surface area contributed by atoms with Gasteiger partial charge in [-0.3, -0.25) is 9.36 Å². The van der Waals surface area contributed by atoms with Gasteiger partial charge in [-0.05, 0) is 36.8 Å². The van der Waals surface area contributed by atoms with Gasteiger partial charge in [0.1, 0.15) is 0 Å². The van der Waals surface area contributed by atoms with E-state index < -0.39 is 0 Å². The Morgan fingerprint density at radius 1 is 1.12 bits per heavy atom. The molecule has 2 aromatic carbocycles. The summed E-state index contributed by atoms with van der Waals surface area (Å²) < 4.78 is 18.0. The SMILES string of the molecule is CCCCn1c(SCc2nc(-c3ccc(Cl)cc3)no2)nc2cc3c(cc2c1=O)OCO3. The van der Waals surface area contributed by atoms with E-state index in [1.165, 1.54) is 11.8 Å². The van der Waals surface area contributed by atoms with Crippen LogP contribution in [-0.2, 0) is 12.3 Å². The molecule has 8 nitrogen and oxygen atoms in total. The van der Waals surface area contributed by atoms with Crippen molar-refractivity contribution in [2.75, 3.05) is 6.79 Å². The summed E-state index contributed by atoms with van der Waals surface area (Å²) in [6, 6.07) is 10.7. The first kappa shape index (κ1) is 20.8. The van der Waals surface area contributed by atoms with Crippen molar-refractivity contribution >= 4 is 34.3 Å². The number of unbranched alkanes of at least 4 members (excludes halogenated alkanes) is 1. The van der Waals surface area contributed by atoms with E-state index in [0.717, 1.165) is 18.4 Å². The van der Waals surface area contributed by atoms with Gasteiger partial charge in [0.2, 0.25) is 18.5 Å². The van der Waals surface area contributed by atoms with Crippen LogP contribution in [0, 0.1) is 0 Å². The predicted octanol–water partition coefficient (Wildman–Crippen LogP) is 4.92. The highest BCUT2D eigenvalue weighted by Crippen LogP contribution is 2.35. The second-order valence-electron chi connectivity index (χ2n) is 7.23. The lowest BCUT2D eigenvalue weighted by molar-refractivity contribution is 0.174. The molecule has 0 N–H and O–H groups in total. The van der Waals surface area contributed by atoms with Gasteiger partial charge in [0.25, 0.3) is 5.56 Å². The Kier molecular flexibility index (Phi) is 5.75. The quantitative estimate of drug-likeness (QED) is 0.277. The Morgan fingerprint density at radius 3 is 2.69 bits per heavy atom. The van der Waals surface area contributed by atoms with E-state index in [4.69, 9.17) is 30.6 Å². The molecule has 0 atom stereocenters. The highest BCUT2D eigenvalue weighted by molar-refractivity contribution is 7.98. The second kappa shape index (κ2) is 8.84. The molecular weight excluding hydrogens is 452 g/mol. The van der Waals surface area contributed by atoms with E-state index in [0.29, 0.717) is 56.6 Å². The topological polar surface area (TPSA) is 92.3 Å². The van der Waals surface area contributed by atoms with Gasteiger partial charge in [-0.1, -0.05) is 41.9 Å². The third kappa shape index (κ3) is 4.05. The summed E-state index contributed by atoms with van der Waals surface area (Å²) in [6.45, 7) is 2.81. The normalized spacial score (nSPS) is 12.6. The van der Waals surface area contributed by atoms with Crippen molar-refractivity contribution in [3.8, 4) is 22.9 Å². The van der Waals surface area contributed by atoms with Crippen molar-refractivity contribution in [1.29, 1.82) is 0 Å². The number of hydrogen-bond donors (Lipinski definition) is 0. The van der Waals surface area contributed by atoms with Crippen LogP contribution >= 0.6 is 23.4 Å². The molecule has 0 spiro atoms. The number of thioether (sulfide) groups is 1. The van der Waals surface area contributed by atoms with Crippen molar-refractivity contribution in [2.24, 2.45) is 0 Å². The third-order valence-corrected chi connectivity index (χ3v) is 6.26. The fourth-order valence-corrected chi connectivity index (χ4v) is 4.36. The summed E-state index contributed by atoms with van der Waals surface area (Å²) in [5.41, 5.74) is 1.28. The predicted molar refractivity (Wildman–Crippen MR) is 121 cm³/mol. The molecule has 164 valence electrons.